The van der Waals surface area contributed by atoms with Crippen LogP contribution in [0.1, 0.15) is 71.2 Å². The normalized spacial score (nSPS) is 18.2. The lowest BCUT2D eigenvalue weighted by molar-refractivity contribution is -0.133. The lowest BCUT2D eigenvalue weighted by Gasteiger charge is -2.31. The Morgan fingerprint density at radius 2 is 1.83 bits per heavy atom. The van der Waals surface area contributed by atoms with Gasteiger partial charge in [-0.3, -0.25) is 9.59 Å². The number of hydrogen-bond donors (Lipinski definition) is 1. The highest BCUT2D eigenvalue weighted by molar-refractivity contribution is 7.13. The Bertz CT molecular complexity index is 867. The number of benzene rings is 1. The number of carbonyl (C=O) groups is 2. The molecule has 2 amide bonds. The molecule has 1 aliphatic carbocycles. The van der Waals surface area contributed by atoms with Crippen molar-refractivity contribution in [3.05, 3.63) is 39.8 Å². The van der Waals surface area contributed by atoms with E-state index in [-0.39, 0.29) is 11.8 Å². The fourth-order valence-corrected chi connectivity index (χ4v) is 5.25. The van der Waals surface area contributed by atoms with Gasteiger partial charge < -0.3 is 10.2 Å². The van der Waals surface area contributed by atoms with Gasteiger partial charge in [0.15, 0.2) is 0 Å². The maximum Gasteiger partial charge on any atom is 0.286 e. The first-order valence-corrected chi connectivity index (χ1v) is 11.4. The van der Waals surface area contributed by atoms with Crippen LogP contribution in [0.5, 0.6) is 0 Å². The van der Waals surface area contributed by atoms with E-state index in [2.05, 4.69) is 15.5 Å². The number of likely N-dealkylation sites (tertiary alicyclic amines) is 1. The van der Waals surface area contributed by atoms with Gasteiger partial charge in [-0.2, -0.15) is 0 Å². The van der Waals surface area contributed by atoms with E-state index in [4.69, 9.17) is 0 Å². The molecule has 1 N–H and O–H groups in total. The predicted octanol–water partition coefficient (Wildman–Crippen LogP) is 4.39. The van der Waals surface area contributed by atoms with Gasteiger partial charge in [-0.05, 0) is 50.2 Å². The van der Waals surface area contributed by atoms with E-state index in [1.165, 1.54) is 37.0 Å². The molecule has 0 spiro atoms. The summed E-state index contributed by atoms with van der Waals surface area (Å²) in [5.74, 6) is 0.971. The molecule has 0 unspecified atom stereocenters. The molecule has 2 heterocycles. The van der Waals surface area contributed by atoms with Gasteiger partial charge in [-0.25, -0.2) is 0 Å². The van der Waals surface area contributed by atoms with Crippen molar-refractivity contribution in [3.63, 3.8) is 0 Å². The summed E-state index contributed by atoms with van der Waals surface area (Å²) in [6, 6.07) is 7.69. The first kappa shape index (κ1) is 20.0. The molecule has 1 saturated carbocycles. The second-order valence-electron chi connectivity index (χ2n) is 8.22. The average Bonchev–Trinajstić information content (AvgIpc) is 3.42. The largest absolute Gasteiger partial charge is 0.343 e. The van der Waals surface area contributed by atoms with Crippen LogP contribution in [0.3, 0.4) is 0 Å². The summed E-state index contributed by atoms with van der Waals surface area (Å²) in [5.41, 5.74) is 1.81. The van der Waals surface area contributed by atoms with Crippen LogP contribution in [-0.4, -0.2) is 40.0 Å². The fourth-order valence-electron chi connectivity index (χ4n) is 4.35. The zero-order chi connectivity index (χ0) is 20.2. The Kier molecular flexibility index (Phi) is 6.23. The number of nitrogens with zero attached hydrogens (tertiary/aromatic N) is 3. The molecule has 0 bridgehead atoms. The van der Waals surface area contributed by atoms with E-state index in [9.17, 15) is 9.59 Å². The molecule has 2 aliphatic rings. The molecule has 7 heteroatoms. The minimum atomic E-state index is -0.216. The maximum absolute atomic E-state index is 12.5. The molecular formula is C22H28N4O2S. The molecule has 2 aromatic rings. The van der Waals surface area contributed by atoms with E-state index in [1.54, 1.807) is 0 Å². The Balaban J connectivity index is 1.30. The van der Waals surface area contributed by atoms with Crippen LogP contribution < -0.4 is 5.32 Å². The molecule has 1 saturated heterocycles. The summed E-state index contributed by atoms with van der Waals surface area (Å²) < 4.78 is 0. The van der Waals surface area contributed by atoms with E-state index in [0.717, 1.165) is 42.2 Å². The lowest BCUT2D eigenvalue weighted by atomic mass is 9.96. The van der Waals surface area contributed by atoms with Gasteiger partial charge in [-0.1, -0.05) is 42.4 Å². The highest BCUT2D eigenvalue weighted by Gasteiger charge is 2.28. The Morgan fingerprint density at radius 3 is 2.55 bits per heavy atom. The second-order valence-corrected chi connectivity index (χ2v) is 9.23. The third kappa shape index (κ3) is 4.83. The average molecular weight is 413 g/mol. The molecule has 6 nitrogen and oxygen atoms in total. The second kappa shape index (κ2) is 9.03. The van der Waals surface area contributed by atoms with Crippen molar-refractivity contribution in [1.82, 2.24) is 15.1 Å². The van der Waals surface area contributed by atoms with Gasteiger partial charge in [0.1, 0.15) is 5.01 Å². The standard InChI is InChI=1S/C22H28N4O2S/c1-15-6-2-5-9-18(15)23-20(28)22-25-24-21(29-22)17-10-12-26(13-11-17)19(27)14-16-7-3-4-8-16/h2,5-6,9,16-17H,3-4,7-8,10-14H2,1H3,(H,23,28). The van der Waals surface area contributed by atoms with Crippen LogP contribution in [0.4, 0.5) is 5.69 Å². The van der Waals surface area contributed by atoms with Crippen LogP contribution in [0, 0.1) is 12.8 Å². The molecule has 1 aromatic carbocycles. The highest BCUT2D eigenvalue weighted by Crippen LogP contribution is 2.32. The number of hydrogen-bond acceptors (Lipinski definition) is 5. The van der Waals surface area contributed by atoms with Crippen molar-refractivity contribution < 1.29 is 9.59 Å². The summed E-state index contributed by atoms with van der Waals surface area (Å²) in [4.78, 5) is 27.1. The number of aromatic nitrogens is 2. The lowest BCUT2D eigenvalue weighted by Crippen LogP contribution is -2.38. The third-order valence-electron chi connectivity index (χ3n) is 6.16. The minimum absolute atomic E-state index is 0.216. The van der Waals surface area contributed by atoms with Crippen molar-refractivity contribution in [2.24, 2.45) is 5.92 Å². The topological polar surface area (TPSA) is 75.2 Å². The van der Waals surface area contributed by atoms with Crippen molar-refractivity contribution in [3.8, 4) is 0 Å². The van der Waals surface area contributed by atoms with E-state index < -0.39 is 0 Å². The molecular weight excluding hydrogens is 384 g/mol. The molecule has 4 rings (SSSR count). The molecule has 154 valence electrons. The van der Waals surface area contributed by atoms with Gasteiger partial charge in [-0.15, -0.1) is 10.2 Å². The zero-order valence-corrected chi connectivity index (χ0v) is 17.7. The van der Waals surface area contributed by atoms with Crippen LogP contribution in [0.2, 0.25) is 0 Å². The van der Waals surface area contributed by atoms with Gasteiger partial charge in [0.05, 0.1) is 0 Å². The molecule has 1 aliphatic heterocycles. The molecule has 29 heavy (non-hydrogen) atoms. The van der Waals surface area contributed by atoms with Crippen molar-refractivity contribution in [2.75, 3.05) is 18.4 Å². The van der Waals surface area contributed by atoms with Gasteiger partial charge in [0, 0.05) is 31.1 Å². The summed E-state index contributed by atoms with van der Waals surface area (Å²) in [6.07, 6.45) is 7.47. The third-order valence-corrected chi connectivity index (χ3v) is 7.25. The number of carbonyl (C=O) groups excluding carboxylic acids is 2. The number of anilines is 1. The zero-order valence-electron chi connectivity index (χ0n) is 16.9. The molecule has 0 atom stereocenters. The van der Waals surface area contributed by atoms with Crippen molar-refractivity contribution >= 4 is 28.8 Å². The summed E-state index contributed by atoms with van der Waals surface area (Å²) in [7, 11) is 0. The van der Waals surface area contributed by atoms with Crippen molar-refractivity contribution in [1.29, 1.82) is 0 Å². The summed E-state index contributed by atoms with van der Waals surface area (Å²) >= 11 is 1.37. The molecule has 0 radical (unpaired) electrons. The molecule has 1 aromatic heterocycles. The quantitative estimate of drug-likeness (QED) is 0.790. The van der Waals surface area contributed by atoms with Gasteiger partial charge in [0.25, 0.3) is 5.91 Å². The predicted molar refractivity (Wildman–Crippen MR) is 114 cm³/mol. The number of nitrogens with one attached hydrogen (secondary N) is 1. The van der Waals surface area contributed by atoms with Crippen LogP contribution in [0.25, 0.3) is 0 Å². The Morgan fingerprint density at radius 1 is 1.10 bits per heavy atom. The van der Waals surface area contributed by atoms with Gasteiger partial charge >= 0.3 is 0 Å². The Labute approximate surface area is 175 Å². The first-order valence-electron chi connectivity index (χ1n) is 10.6. The van der Waals surface area contributed by atoms with E-state index >= 15 is 0 Å². The summed E-state index contributed by atoms with van der Waals surface area (Å²) in [5, 5.41) is 12.6. The monoisotopic (exact) mass is 412 g/mol. The van der Waals surface area contributed by atoms with Crippen LogP contribution in [0.15, 0.2) is 24.3 Å². The van der Waals surface area contributed by atoms with E-state index in [1.807, 2.05) is 36.1 Å². The summed E-state index contributed by atoms with van der Waals surface area (Å²) in [6.45, 7) is 3.52. The SMILES string of the molecule is Cc1ccccc1NC(=O)c1nnc(C2CCN(C(=O)CC3CCCC3)CC2)s1. The minimum Gasteiger partial charge on any atom is -0.343 e. The van der Waals surface area contributed by atoms with Crippen LogP contribution in [-0.2, 0) is 4.79 Å². The molecule has 2 fully saturated rings. The first-order chi connectivity index (χ1) is 14.1. The number of aryl methyl sites for hydroxylation is 1. The van der Waals surface area contributed by atoms with Crippen LogP contribution >= 0.6 is 11.3 Å². The smallest absolute Gasteiger partial charge is 0.286 e. The highest BCUT2D eigenvalue weighted by atomic mass is 32.1. The maximum atomic E-state index is 12.5. The number of para-hydroxylation sites is 1. The Hall–Kier alpha value is -2.28. The number of piperidine rings is 1. The van der Waals surface area contributed by atoms with Crippen molar-refractivity contribution in [2.45, 2.75) is 57.8 Å². The van der Waals surface area contributed by atoms with E-state index in [0.29, 0.717) is 23.3 Å². The number of rotatable bonds is 5. The fraction of sp³-hybridized carbons (Fsp3) is 0.545. The number of amides is 2. The van der Waals surface area contributed by atoms with Gasteiger partial charge in [0.2, 0.25) is 10.9 Å².